The number of anilines is 1. The Bertz CT molecular complexity index is 808. The molecule has 0 fully saturated rings. The van der Waals surface area contributed by atoms with Crippen molar-refractivity contribution in [3.63, 3.8) is 0 Å². The fraction of sp³-hybridized carbons (Fsp3) is 0.333. The number of rotatable bonds is 6. The number of pyridine rings is 1. The summed E-state index contributed by atoms with van der Waals surface area (Å²) >= 11 is 0. The summed E-state index contributed by atoms with van der Waals surface area (Å²) in [4.78, 5) is 16.2. The van der Waals surface area contributed by atoms with Crippen molar-refractivity contribution in [2.45, 2.75) is 44.7 Å². The fourth-order valence-electron chi connectivity index (χ4n) is 2.69. The molecule has 0 atom stereocenters. The smallest absolute Gasteiger partial charge is 0.255 e. The van der Waals surface area contributed by atoms with Crippen LogP contribution in [-0.4, -0.2) is 35.7 Å². The first-order chi connectivity index (χ1) is 11.7. The predicted octanol–water partition coefficient (Wildman–Crippen LogP) is 3.14. The van der Waals surface area contributed by atoms with Crippen molar-refractivity contribution in [2.24, 2.45) is 0 Å². The highest BCUT2D eigenvalue weighted by molar-refractivity contribution is 7.89. The van der Waals surface area contributed by atoms with Gasteiger partial charge in [0.05, 0.1) is 4.90 Å². The molecule has 0 aliphatic carbocycles. The van der Waals surface area contributed by atoms with E-state index in [1.54, 1.807) is 24.3 Å². The maximum absolute atomic E-state index is 12.8. The van der Waals surface area contributed by atoms with Crippen molar-refractivity contribution in [3.05, 3.63) is 54.4 Å². The van der Waals surface area contributed by atoms with E-state index < -0.39 is 10.0 Å². The SMILES string of the molecule is CC(C)N(C(C)C)S(=O)(=O)c1ccc(NC(=O)c2ccncc2)cc1. The van der Waals surface area contributed by atoms with Crippen molar-refractivity contribution >= 4 is 21.6 Å². The van der Waals surface area contributed by atoms with Gasteiger partial charge >= 0.3 is 0 Å². The van der Waals surface area contributed by atoms with Crippen molar-refractivity contribution in [3.8, 4) is 0 Å². The lowest BCUT2D eigenvalue weighted by atomic mass is 10.2. The maximum atomic E-state index is 12.8. The molecule has 25 heavy (non-hydrogen) atoms. The van der Waals surface area contributed by atoms with E-state index in [4.69, 9.17) is 0 Å². The summed E-state index contributed by atoms with van der Waals surface area (Å²) in [5, 5.41) is 2.74. The van der Waals surface area contributed by atoms with Crippen molar-refractivity contribution in [1.82, 2.24) is 9.29 Å². The molecule has 1 heterocycles. The Morgan fingerprint density at radius 2 is 1.48 bits per heavy atom. The minimum atomic E-state index is -3.58. The first-order valence-electron chi connectivity index (χ1n) is 8.08. The molecule has 6 nitrogen and oxygen atoms in total. The highest BCUT2D eigenvalue weighted by Crippen LogP contribution is 2.22. The number of aromatic nitrogens is 1. The quantitative estimate of drug-likeness (QED) is 0.857. The number of hydrogen-bond acceptors (Lipinski definition) is 4. The van der Waals surface area contributed by atoms with Gasteiger partial charge < -0.3 is 5.32 Å². The Morgan fingerprint density at radius 3 is 1.96 bits per heavy atom. The molecular formula is C18H23N3O3S. The van der Waals surface area contributed by atoms with Gasteiger partial charge in [0, 0.05) is 35.7 Å². The third-order valence-electron chi connectivity index (χ3n) is 3.65. The Balaban J connectivity index is 2.20. The minimum absolute atomic E-state index is 0.143. The molecule has 1 aromatic heterocycles. The molecule has 0 bridgehead atoms. The zero-order chi connectivity index (χ0) is 18.6. The fourth-order valence-corrected chi connectivity index (χ4v) is 4.52. The molecule has 2 aromatic rings. The van der Waals surface area contributed by atoms with E-state index in [2.05, 4.69) is 10.3 Å². The van der Waals surface area contributed by atoms with Gasteiger partial charge in [-0.1, -0.05) is 0 Å². The van der Waals surface area contributed by atoms with Crippen LogP contribution in [0.4, 0.5) is 5.69 Å². The number of nitrogens with one attached hydrogen (secondary N) is 1. The first-order valence-corrected chi connectivity index (χ1v) is 9.52. The highest BCUT2D eigenvalue weighted by atomic mass is 32.2. The van der Waals surface area contributed by atoms with E-state index in [1.165, 1.54) is 28.8 Å². The molecule has 7 heteroatoms. The van der Waals surface area contributed by atoms with Crippen molar-refractivity contribution < 1.29 is 13.2 Å². The summed E-state index contributed by atoms with van der Waals surface area (Å²) < 4.78 is 27.1. The Kier molecular flexibility index (Phi) is 5.92. The molecule has 0 spiro atoms. The van der Waals surface area contributed by atoms with Gasteiger partial charge in [0.15, 0.2) is 0 Å². The molecule has 134 valence electrons. The van der Waals surface area contributed by atoms with E-state index in [1.807, 2.05) is 27.7 Å². The van der Waals surface area contributed by atoms with Crippen LogP contribution in [0.5, 0.6) is 0 Å². The Labute approximate surface area is 148 Å². The minimum Gasteiger partial charge on any atom is -0.322 e. The third kappa shape index (κ3) is 4.43. The molecule has 2 rings (SSSR count). The molecule has 1 amide bonds. The number of carbonyl (C=O) groups excluding carboxylic acids is 1. The van der Waals surface area contributed by atoms with Gasteiger partial charge in [-0.3, -0.25) is 9.78 Å². The van der Waals surface area contributed by atoms with Crippen LogP contribution >= 0.6 is 0 Å². The summed E-state index contributed by atoms with van der Waals surface area (Å²) in [6.45, 7) is 7.39. The summed E-state index contributed by atoms with van der Waals surface area (Å²) in [5.41, 5.74) is 1.01. The normalized spacial score (nSPS) is 12.0. The highest BCUT2D eigenvalue weighted by Gasteiger charge is 2.29. The number of hydrogen-bond donors (Lipinski definition) is 1. The average Bonchev–Trinajstić information content (AvgIpc) is 2.55. The molecule has 1 aromatic carbocycles. The van der Waals surface area contributed by atoms with Crippen LogP contribution in [0.3, 0.4) is 0 Å². The summed E-state index contributed by atoms with van der Waals surface area (Å²) in [5.74, 6) is -0.274. The van der Waals surface area contributed by atoms with Crippen LogP contribution in [0.2, 0.25) is 0 Å². The molecular weight excluding hydrogens is 338 g/mol. The van der Waals surface area contributed by atoms with Crippen LogP contribution in [0.15, 0.2) is 53.7 Å². The second-order valence-corrected chi connectivity index (χ2v) is 8.08. The summed E-state index contributed by atoms with van der Waals surface area (Å²) in [6.07, 6.45) is 3.08. The molecule has 0 aliphatic heterocycles. The van der Waals surface area contributed by atoms with Gasteiger partial charge in [-0.2, -0.15) is 4.31 Å². The monoisotopic (exact) mass is 361 g/mol. The molecule has 0 saturated heterocycles. The number of sulfonamides is 1. The Hall–Kier alpha value is -2.25. The van der Waals surface area contributed by atoms with Gasteiger partial charge in [-0.25, -0.2) is 8.42 Å². The molecule has 0 unspecified atom stereocenters. The number of nitrogens with zero attached hydrogens (tertiary/aromatic N) is 2. The van der Waals surface area contributed by atoms with E-state index in [-0.39, 0.29) is 22.9 Å². The van der Waals surface area contributed by atoms with Gasteiger partial charge in [0.2, 0.25) is 10.0 Å². The zero-order valence-corrected chi connectivity index (χ0v) is 15.6. The number of amides is 1. The number of benzene rings is 1. The lowest BCUT2D eigenvalue weighted by Crippen LogP contribution is -2.41. The van der Waals surface area contributed by atoms with Crippen molar-refractivity contribution in [1.29, 1.82) is 0 Å². The molecule has 0 saturated carbocycles. The number of carbonyl (C=O) groups is 1. The second kappa shape index (κ2) is 7.76. The molecule has 1 N–H and O–H groups in total. The first kappa shape index (κ1) is 19.1. The lowest BCUT2D eigenvalue weighted by molar-refractivity contribution is 0.102. The topological polar surface area (TPSA) is 79.4 Å². The predicted molar refractivity (Wildman–Crippen MR) is 97.9 cm³/mol. The second-order valence-electron chi connectivity index (χ2n) is 6.24. The average molecular weight is 361 g/mol. The standard InChI is InChI=1S/C18H23N3O3S/c1-13(2)21(14(3)4)25(23,24)17-7-5-16(6-8-17)20-18(22)15-9-11-19-12-10-15/h5-14H,1-4H3,(H,20,22). The van der Waals surface area contributed by atoms with Crippen LogP contribution < -0.4 is 5.32 Å². The third-order valence-corrected chi connectivity index (χ3v) is 5.91. The Morgan fingerprint density at radius 1 is 0.960 bits per heavy atom. The van der Waals surface area contributed by atoms with E-state index in [0.717, 1.165) is 0 Å². The molecule has 0 radical (unpaired) electrons. The van der Waals surface area contributed by atoms with Crippen LogP contribution in [0.1, 0.15) is 38.1 Å². The van der Waals surface area contributed by atoms with Crippen molar-refractivity contribution in [2.75, 3.05) is 5.32 Å². The van der Waals surface area contributed by atoms with E-state index in [9.17, 15) is 13.2 Å². The van der Waals surface area contributed by atoms with Gasteiger partial charge in [-0.15, -0.1) is 0 Å². The van der Waals surface area contributed by atoms with Crippen LogP contribution in [0, 0.1) is 0 Å². The van der Waals surface area contributed by atoms with Crippen LogP contribution in [-0.2, 0) is 10.0 Å². The van der Waals surface area contributed by atoms with Gasteiger partial charge in [-0.05, 0) is 64.1 Å². The largest absolute Gasteiger partial charge is 0.322 e. The van der Waals surface area contributed by atoms with Gasteiger partial charge in [0.25, 0.3) is 5.91 Å². The lowest BCUT2D eigenvalue weighted by Gasteiger charge is -2.29. The maximum Gasteiger partial charge on any atom is 0.255 e. The van der Waals surface area contributed by atoms with Crippen LogP contribution in [0.25, 0.3) is 0 Å². The zero-order valence-electron chi connectivity index (χ0n) is 14.8. The molecule has 0 aliphatic rings. The van der Waals surface area contributed by atoms with E-state index >= 15 is 0 Å². The summed E-state index contributed by atoms with van der Waals surface area (Å²) in [7, 11) is -3.58. The van der Waals surface area contributed by atoms with E-state index in [0.29, 0.717) is 11.3 Å². The summed E-state index contributed by atoms with van der Waals surface area (Å²) in [6, 6.07) is 9.13. The van der Waals surface area contributed by atoms with Gasteiger partial charge in [0.1, 0.15) is 0 Å².